The molecule has 4 heteroatoms. The Bertz CT molecular complexity index is 419. The summed E-state index contributed by atoms with van der Waals surface area (Å²) in [6, 6.07) is 5.59. The highest BCUT2D eigenvalue weighted by Crippen LogP contribution is 2.27. The third kappa shape index (κ3) is 3.32. The SMILES string of the molecule is Cc1cc(F)ccc1C(CN)N(C)C1CCOCC1. The van der Waals surface area contributed by atoms with E-state index in [2.05, 4.69) is 11.9 Å². The number of likely N-dealkylation sites (N-methyl/N-ethyl adjacent to an activating group) is 1. The fourth-order valence-corrected chi connectivity index (χ4v) is 2.87. The minimum atomic E-state index is -0.189. The Kier molecular flexibility index (Phi) is 4.91. The molecule has 2 rings (SSSR count). The molecule has 3 nitrogen and oxygen atoms in total. The Morgan fingerprint density at radius 1 is 1.42 bits per heavy atom. The molecular formula is C15H23FN2O. The fraction of sp³-hybridized carbons (Fsp3) is 0.600. The summed E-state index contributed by atoms with van der Waals surface area (Å²) in [5, 5.41) is 0. The normalized spacial score (nSPS) is 18.8. The van der Waals surface area contributed by atoms with Gasteiger partial charge < -0.3 is 10.5 Å². The van der Waals surface area contributed by atoms with Crippen molar-refractivity contribution >= 4 is 0 Å². The number of hydrogen-bond acceptors (Lipinski definition) is 3. The van der Waals surface area contributed by atoms with Crippen LogP contribution in [-0.4, -0.2) is 37.7 Å². The molecule has 1 saturated heterocycles. The molecule has 0 radical (unpaired) electrons. The van der Waals surface area contributed by atoms with Gasteiger partial charge in [-0.15, -0.1) is 0 Å². The number of nitrogens with zero attached hydrogens (tertiary/aromatic N) is 1. The average Bonchev–Trinajstić information content (AvgIpc) is 2.42. The van der Waals surface area contributed by atoms with Crippen LogP contribution in [0.3, 0.4) is 0 Å². The van der Waals surface area contributed by atoms with Crippen LogP contribution in [0.2, 0.25) is 0 Å². The number of benzene rings is 1. The zero-order chi connectivity index (χ0) is 13.8. The summed E-state index contributed by atoms with van der Waals surface area (Å²) >= 11 is 0. The second-order valence-corrected chi connectivity index (χ2v) is 5.26. The summed E-state index contributed by atoms with van der Waals surface area (Å²) in [7, 11) is 2.11. The van der Waals surface area contributed by atoms with Crippen molar-refractivity contribution in [1.82, 2.24) is 4.90 Å². The van der Waals surface area contributed by atoms with E-state index in [1.807, 2.05) is 13.0 Å². The van der Waals surface area contributed by atoms with Crippen LogP contribution in [0.5, 0.6) is 0 Å². The highest BCUT2D eigenvalue weighted by atomic mass is 19.1. The molecule has 0 spiro atoms. The number of ether oxygens (including phenoxy) is 1. The van der Waals surface area contributed by atoms with E-state index in [0.29, 0.717) is 12.6 Å². The first kappa shape index (κ1) is 14.4. The van der Waals surface area contributed by atoms with Crippen molar-refractivity contribution in [3.05, 3.63) is 35.1 Å². The predicted octanol–water partition coefficient (Wildman–Crippen LogP) is 2.24. The zero-order valence-electron chi connectivity index (χ0n) is 11.7. The van der Waals surface area contributed by atoms with E-state index in [-0.39, 0.29) is 11.9 Å². The van der Waals surface area contributed by atoms with Crippen molar-refractivity contribution < 1.29 is 9.13 Å². The molecule has 0 aliphatic carbocycles. The molecule has 1 unspecified atom stereocenters. The highest BCUT2D eigenvalue weighted by Gasteiger charge is 2.26. The van der Waals surface area contributed by atoms with E-state index in [1.54, 1.807) is 6.07 Å². The van der Waals surface area contributed by atoms with Crippen LogP contribution in [-0.2, 0) is 4.74 Å². The molecule has 1 aliphatic rings. The first-order chi connectivity index (χ1) is 9.13. The van der Waals surface area contributed by atoms with Gasteiger partial charge in [0.1, 0.15) is 5.82 Å². The second kappa shape index (κ2) is 6.46. The predicted molar refractivity (Wildman–Crippen MR) is 74.5 cm³/mol. The van der Waals surface area contributed by atoms with Gasteiger partial charge in [-0.25, -0.2) is 4.39 Å². The lowest BCUT2D eigenvalue weighted by Crippen LogP contribution is -2.41. The van der Waals surface area contributed by atoms with Crippen LogP contribution < -0.4 is 5.73 Å². The van der Waals surface area contributed by atoms with Crippen molar-refractivity contribution in [3.8, 4) is 0 Å². The maximum Gasteiger partial charge on any atom is 0.123 e. The lowest BCUT2D eigenvalue weighted by Gasteiger charge is -2.37. The summed E-state index contributed by atoms with van der Waals surface area (Å²) in [5.74, 6) is -0.189. The van der Waals surface area contributed by atoms with Gasteiger partial charge in [0.2, 0.25) is 0 Å². The fourth-order valence-electron chi connectivity index (χ4n) is 2.87. The molecule has 1 atom stereocenters. The third-order valence-corrected chi connectivity index (χ3v) is 4.07. The molecular weight excluding hydrogens is 243 g/mol. The van der Waals surface area contributed by atoms with E-state index < -0.39 is 0 Å². The van der Waals surface area contributed by atoms with E-state index in [4.69, 9.17) is 10.5 Å². The van der Waals surface area contributed by atoms with E-state index in [1.165, 1.54) is 6.07 Å². The molecule has 0 saturated carbocycles. The standard InChI is InChI=1S/C15H23FN2O/c1-11-9-12(16)3-4-14(11)15(10-17)18(2)13-5-7-19-8-6-13/h3-4,9,13,15H,5-8,10,17H2,1-2H3. The molecule has 0 bridgehead atoms. The van der Waals surface area contributed by atoms with Gasteiger partial charge in [0.05, 0.1) is 0 Å². The molecule has 19 heavy (non-hydrogen) atoms. The topological polar surface area (TPSA) is 38.5 Å². The minimum Gasteiger partial charge on any atom is -0.381 e. The van der Waals surface area contributed by atoms with Crippen molar-refractivity contribution in [2.24, 2.45) is 5.73 Å². The lowest BCUT2D eigenvalue weighted by molar-refractivity contribution is 0.0293. The quantitative estimate of drug-likeness (QED) is 0.908. The number of rotatable bonds is 4. The number of nitrogens with two attached hydrogens (primary N) is 1. The maximum atomic E-state index is 13.2. The van der Waals surface area contributed by atoms with Gasteiger partial charge in [-0.05, 0) is 50.1 Å². The van der Waals surface area contributed by atoms with Gasteiger partial charge in [-0.2, -0.15) is 0 Å². The van der Waals surface area contributed by atoms with Crippen LogP contribution in [0.25, 0.3) is 0 Å². The smallest absolute Gasteiger partial charge is 0.123 e. The molecule has 1 heterocycles. The Morgan fingerprint density at radius 2 is 2.11 bits per heavy atom. The molecule has 0 aromatic heterocycles. The van der Waals surface area contributed by atoms with Crippen LogP contribution in [0.4, 0.5) is 4.39 Å². The number of halogens is 1. The Hall–Kier alpha value is -0.970. The summed E-state index contributed by atoms with van der Waals surface area (Å²) in [5.41, 5.74) is 8.04. The van der Waals surface area contributed by atoms with Gasteiger partial charge in [0.15, 0.2) is 0 Å². The molecule has 1 fully saturated rings. The van der Waals surface area contributed by atoms with Gasteiger partial charge >= 0.3 is 0 Å². The molecule has 1 aromatic carbocycles. The monoisotopic (exact) mass is 266 g/mol. The first-order valence-electron chi connectivity index (χ1n) is 6.89. The third-order valence-electron chi connectivity index (χ3n) is 4.07. The number of hydrogen-bond donors (Lipinski definition) is 1. The molecule has 106 valence electrons. The van der Waals surface area contributed by atoms with E-state index >= 15 is 0 Å². The van der Waals surface area contributed by atoms with Crippen LogP contribution in [0, 0.1) is 12.7 Å². The zero-order valence-corrected chi connectivity index (χ0v) is 11.7. The molecule has 2 N–H and O–H groups in total. The summed E-state index contributed by atoms with van der Waals surface area (Å²) in [4.78, 5) is 2.32. The van der Waals surface area contributed by atoms with Gasteiger partial charge in [0, 0.05) is 31.8 Å². The largest absolute Gasteiger partial charge is 0.381 e. The van der Waals surface area contributed by atoms with Crippen LogP contribution >= 0.6 is 0 Å². The van der Waals surface area contributed by atoms with E-state index in [9.17, 15) is 4.39 Å². The van der Waals surface area contributed by atoms with Crippen molar-refractivity contribution in [3.63, 3.8) is 0 Å². The van der Waals surface area contributed by atoms with Crippen LogP contribution in [0.1, 0.15) is 30.0 Å². The van der Waals surface area contributed by atoms with E-state index in [0.717, 1.165) is 37.2 Å². The maximum absolute atomic E-state index is 13.2. The summed E-state index contributed by atoms with van der Waals surface area (Å²) in [6.07, 6.45) is 2.07. The summed E-state index contributed by atoms with van der Waals surface area (Å²) in [6.45, 7) is 4.11. The van der Waals surface area contributed by atoms with Gasteiger partial charge in [-0.1, -0.05) is 6.07 Å². The first-order valence-corrected chi connectivity index (χ1v) is 6.89. The van der Waals surface area contributed by atoms with Gasteiger partial charge in [-0.3, -0.25) is 4.90 Å². The van der Waals surface area contributed by atoms with Gasteiger partial charge in [0.25, 0.3) is 0 Å². The van der Waals surface area contributed by atoms with Crippen molar-refractivity contribution in [2.45, 2.75) is 31.8 Å². The Balaban J connectivity index is 2.18. The lowest BCUT2D eigenvalue weighted by atomic mass is 9.97. The average molecular weight is 266 g/mol. The summed E-state index contributed by atoms with van der Waals surface area (Å²) < 4.78 is 18.6. The molecule has 1 aromatic rings. The molecule has 0 amide bonds. The minimum absolute atomic E-state index is 0.142. The van der Waals surface area contributed by atoms with Crippen molar-refractivity contribution in [1.29, 1.82) is 0 Å². The molecule has 1 aliphatic heterocycles. The Labute approximate surface area is 114 Å². The Morgan fingerprint density at radius 3 is 2.68 bits per heavy atom. The highest BCUT2D eigenvalue weighted by molar-refractivity contribution is 5.30. The van der Waals surface area contributed by atoms with Crippen molar-refractivity contribution in [2.75, 3.05) is 26.8 Å². The second-order valence-electron chi connectivity index (χ2n) is 5.26. The number of aryl methyl sites for hydroxylation is 1. The van der Waals surface area contributed by atoms with Crippen LogP contribution in [0.15, 0.2) is 18.2 Å².